The molecule has 0 radical (unpaired) electrons. The van der Waals surface area contributed by atoms with Gasteiger partial charge in [-0.2, -0.15) is 4.98 Å². The Balaban J connectivity index is 2.25. The second-order valence-electron chi connectivity index (χ2n) is 4.82. The third kappa shape index (κ3) is 2.05. The lowest BCUT2D eigenvalue weighted by molar-refractivity contribution is 0.156. The largest absolute Gasteiger partial charge is 0.396 e. The Bertz CT molecular complexity index is 485. The predicted molar refractivity (Wildman–Crippen MR) is 62.4 cm³/mol. The number of hydrogen-bond acceptors (Lipinski definition) is 5. The van der Waals surface area contributed by atoms with Crippen LogP contribution in [0, 0.1) is 18.3 Å². The summed E-state index contributed by atoms with van der Waals surface area (Å²) < 4.78 is 1.46. The van der Waals surface area contributed by atoms with Gasteiger partial charge in [0, 0.05) is 30.3 Å². The lowest BCUT2D eigenvalue weighted by atomic mass is 10.1. The van der Waals surface area contributed by atoms with Gasteiger partial charge in [0.1, 0.15) is 5.82 Å². The maximum atomic E-state index is 11.6. The molecule has 0 bridgehead atoms. The molecule has 6 heteroatoms. The summed E-state index contributed by atoms with van der Waals surface area (Å²) in [6, 6.07) is 0. The summed E-state index contributed by atoms with van der Waals surface area (Å²) in [5, 5.41) is 18.4. The lowest BCUT2D eigenvalue weighted by Gasteiger charge is -2.16. The van der Waals surface area contributed by atoms with Gasteiger partial charge >= 0.3 is 5.69 Å². The van der Waals surface area contributed by atoms with Gasteiger partial charge in [-0.05, 0) is 19.3 Å². The molecule has 6 nitrogen and oxygen atoms in total. The fraction of sp³-hybridized carbons (Fsp3) is 0.636. The molecule has 2 unspecified atom stereocenters. The first kappa shape index (κ1) is 12.1. The van der Waals surface area contributed by atoms with Crippen molar-refractivity contribution >= 4 is 5.82 Å². The third-order valence-electron chi connectivity index (χ3n) is 3.59. The molecule has 17 heavy (non-hydrogen) atoms. The average molecular weight is 239 g/mol. The van der Waals surface area contributed by atoms with Crippen molar-refractivity contribution in [1.29, 1.82) is 0 Å². The van der Waals surface area contributed by atoms with Gasteiger partial charge in [0.2, 0.25) is 0 Å². The van der Waals surface area contributed by atoms with Crippen molar-refractivity contribution in [3.05, 3.63) is 22.2 Å². The molecule has 2 atom stereocenters. The molecule has 1 heterocycles. The van der Waals surface area contributed by atoms with Crippen molar-refractivity contribution in [3.63, 3.8) is 0 Å². The van der Waals surface area contributed by atoms with Gasteiger partial charge in [0.25, 0.3) is 0 Å². The third-order valence-corrected chi connectivity index (χ3v) is 3.59. The number of aliphatic hydroxyl groups is 2. The first-order valence-electron chi connectivity index (χ1n) is 5.58. The molecule has 0 spiro atoms. The summed E-state index contributed by atoms with van der Waals surface area (Å²) in [5.74, 6) is 0.302. The summed E-state index contributed by atoms with van der Waals surface area (Å²) in [5.41, 5.74) is 5.49. The van der Waals surface area contributed by atoms with E-state index in [0.29, 0.717) is 6.54 Å². The lowest BCUT2D eigenvalue weighted by Crippen LogP contribution is -2.30. The summed E-state index contributed by atoms with van der Waals surface area (Å²) >= 11 is 0. The standard InChI is InChI=1S/C11H17N3O3/c1-7-3-14(10(17)13-9(7)12)5-11(6-16)2-8(11)4-15/h3,8,15-16H,2,4-6H2,1H3,(H2,12,13,17). The highest BCUT2D eigenvalue weighted by molar-refractivity contribution is 5.35. The zero-order chi connectivity index (χ0) is 12.6. The van der Waals surface area contributed by atoms with E-state index in [1.807, 2.05) is 0 Å². The molecule has 1 aromatic rings. The Morgan fingerprint density at radius 3 is 2.88 bits per heavy atom. The monoisotopic (exact) mass is 239 g/mol. The smallest absolute Gasteiger partial charge is 0.349 e. The zero-order valence-electron chi connectivity index (χ0n) is 9.76. The Morgan fingerprint density at radius 2 is 2.35 bits per heavy atom. The molecule has 1 aliphatic rings. The SMILES string of the molecule is Cc1cn(CC2(CO)CC2CO)c(=O)nc1N. The van der Waals surface area contributed by atoms with Crippen LogP contribution in [0.1, 0.15) is 12.0 Å². The number of aryl methyl sites for hydroxylation is 1. The van der Waals surface area contributed by atoms with Crippen molar-refractivity contribution in [2.45, 2.75) is 19.9 Å². The summed E-state index contributed by atoms with van der Waals surface area (Å²) in [7, 11) is 0. The number of aliphatic hydroxyl groups excluding tert-OH is 2. The molecule has 0 aromatic carbocycles. The maximum absolute atomic E-state index is 11.6. The van der Waals surface area contributed by atoms with Crippen LogP contribution >= 0.6 is 0 Å². The molecule has 1 saturated carbocycles. The van der Waals surface area contributed by atoms with Crippen molar-refractivity contribution < 1.29 is 10.2 Å². The highest BCUT2D eigenvalue weighted by Crippen LogP contribution is 2.52. The number of nitrogens with zero attached hydrogens (tertiary/aromatic N) is 2. The minimum absolute atomic E-state index is 0.0336. The molecule has 0 saturated heterocycles. The van der Waals surface area contributed by atoms with E-state index in [1.54, 1.807) is 13.1 Å². The number of aromatic nitrogens is 2. The van der Waals surface area contributed by atoms with Crippen LogP contribution in [0.3, 0.4) is 0 Å². The van der Waals surface area contributed by atoms with Gasteiger partial charge in [-0.25, -0.2) is 4.79 Å². The normalized spacial score (nSPS) is 27.1. The second kappa shape index (κ2) is 4.12. The molecule has 1 fully saturated rings. The van der Waals surface area contributed by atoms with E-state index in [4.69, 9.17) is 10.8 Å². The van der Waals surface area contributed by atoms with Gasteiger partial charge < -0.3 is 15.9 Å². The van der Waals surface area contributed by atoms with E-state index < -0.39 is 5.69 Å². The molecule has 1 aromatic heterocycles. The predicted octanol–water partition coefficient (Wildman–Crippen LogP) is -0.875. The van der Waals surface area contributed by atoms with Gasteiger partial charge in [0.05, 0.1) is 6.61 Å². The van der Waals surface area contributed by atoms with Crippen LogP contribution in [0.4, 0.5) is 5.82 Å². The highest BCUT2D eigenvalue weighted by atomic mass is 16.3. The van der Waals surface area contributed by atoms with Crippen molar-refractivity contribution in [3.8, 4) is 0 Å². The number of hydrogen-bond donors (Lipinski definition) is 3. The van der Waals surface area contributed by atoms with Crippen LogP contribution in [0.25, 0.3) is 0 Å². The first-order valence-corrected chi connectivity index (χ1v) is 5.58. The number of nitrogen functional groups attached to an aromatic ring is 1. The Labute approximate surface area is 98.7 Å². The van der Waals surface area contributed by atoms with Gasteiger partial charge in [-0.15, -0.1) is 0 Å². The van der Waals surface area contributed by atoms with Crippen LogP contribution in [0.5, 0.6) is 0 Å². The number of anilines is 1. The van der Waals surface area contributed by atoms with E-state index >= 15 is 0 Å². The summed E-state index contributed by atoms with van der Waals surface area (Å²) in [6.07, 6.45) is 2.38. The summed E-state index contributed by atoms with van der Waals surface area (Å²) in [4.78, 5) is 15.3. The molecule has 0 amide bonds. The quantitative estimate of drug-likeness (QED) is 0.633. The Hall–Kier alpha value is -1.40. The van der Waals surface area contributed by atoms with E-state index in [1.165, 1.54) is 4.57 Å². The van der Waals surface area contributed by atoms with E-state index in [2.05, 4.69) is 4.98 Å². The van der Waals surface area contributed by atoms with Crippen LogP contribution in [0.2, 0.25) is 0 Å². The average Bonchev–Trinajstić information content (AvgIpc) is 3.00. The fourth-order valence-corrected chi connectivity index (χ4v) is 2.19. The topological polar surface area (TPSA) is 101 Å². The molecule has 0 aliphatic heterocycles. The fourth-order valence-electron chi connectivity index (χ4n) is 2.19. The molecule has 4 N–H and O–H groups in total. The number of rotatable bonds is 4. The molecule has 2 rings (SSSR count). The van der Waals surface area contributed by atoms with Gasteiger partial charge in [0.15, 0.2) is 0 Å². The highest BCUT2D eigenvalue weighted by Gasteiger charge is 2.53. The van der Waals surface area contributed by atoms with Crippen LogP contribution < -0.4 is 11.4 Å². The second-order valence-corrected chi connectivity index (χ2v) is 4.82. The Morgan fingerprint density at radius 1 is 1.65 bits per heavy atom. The molecular weight excluding hydrogens is 222 g/mol. The van der Waals surface area contributed by atoms with Crippen LogP contribution in [0.15, 0.2) is 11.0 Å². The Kier molecular flexibility index (Phi) is 2.92. The van der Waals surface area contributed by atoms with Crippen LogP contribution in [-0.4, -0.2) is 33.0 Å². The minimum atomic E-state index is -0.412. The van der Waals surface area contributed by atoms with Crippen molar-refractivity contribution in [2.24, 2.45) is 11.3 Å². The molecular formula is C11H17N3O3. The molecule has 94 valence electrons. The van der Waals surface area contributed by atoms with Gasteiger partial charge in [-0.3, -0.25) is 4.57 Å². The first-order chi connectivity index (χ1) is 8.02. The van der Waals surface area contributed by atoms with E-state index in [0.717, 1.165) is 12.0 Å². The van der Waals surface area contributed by atoms with Gasteiger partial charge in [-0.1, -0.05) is 0 Å². The van der Waals surface area contributed by atoms with Crippen LogP contribution in [-0.2, 0) is 6.54 Å². The minimum Gasteiger partial charge on any atom is -0.396 e. The van der Waals surface area contributed by atoms with Crippen molar-refractivity contribution in [1.82, 2.24) is 9.55 Å². The van der Waals surface area contributed by atoms with E-state index in [-0.39, 0.29) is 30.4 Å². The maximum Gasteiger partial charge on any atom is 0.349 e. The number of nitrogens with two attached hydrogens (primary N) is 1. The zero-order valence-corrected chi connectivity index (χ0v) is 9.76. The van der Waals surface area contributed by atoms with Crippen molar-refractivity contribution in [2.75, 3.05) is 18.9 Å². The summed E-state index contributed by atoms with van der Waals surface area (Å²) in [6.45, 7) is 2.16. The molecule has 1 aliphatic carbocycles. The van der Waals surface area contributed by atoms with E-state index in [9.17, 15) is 9.90 Å².